The molecule has 0 fully saturated rings. The predicted molar refractivity (Wildman–Crippen MR) is 82.4 cm³/mol. The molecule has 1 aromatic carbocycles. The van der Waals surface area contributed by atoms with Gasteiger partial charge in [-0.3, -0.25) is 4.98 Å². The molecule has 0 bridgehead atoms. The van der Waals surface area contributed by atoms with Crippen LogP contribution in [0.4, 0.5) is 5.69 Å². The average Bonchev–Trinajstić information content (AvgIpc) is 2.52. The Labute approximate surface area is 124 Å². The van der Waals surface area contributed by atoms with E-state index in [-0.39, 0.29) is 0 Å². The van der Waals surface area contributed by atoms with Gasteiger partial charge < -0.3 is 19.5 Å². The number of aryl methyl sites for hydroxylation is 1. The fraction of sp³-hybridized carbons (Fsp3) is 0.312. The number of aromatic nitrogens is 1. The van der Waals surface area contributed by atoms with Gasteiger partial charge in [0.05, 0.1) is 27.9 Å². The second-order valence-electron chi connectivity index (χ2n) is 4.53. The summed E-state index contributed by atoms with van der Waals surface area (Å²) in [7, 11) is 4.89. The van der Waals surface area contributed by atoms with E-state index in [0.29, 0.717) is 18.0 Å². The smallest absolute Gasteiger partial charge is 0.184 e. The number of hydrogen-bond donors (Lipinski definition) is 1. The highest BCUT2D eigenvalue weighted by molar-refractivity contribution is 5.54. The van der Waals surface area contributed by atoms with E-state index in [0.717, 1.165) is 22.7 Å². The fourth-order valence-electron chi connectivity index (χ4n) is 2.12. The maximum Gasteiger partial charge on any atom is 0.184 e. The lowest BCUT2D eigenvalue weighted by Gasteiger charge is -2.14. The van der Waals surface area contributed by atoms with Crippen molar-refractivity contribution in [2.45, 2.75) is 13.5 Å². The Hall–Kier alpha value is -2.43. The van der Waals surface area contributed by atoms with Crippen LogP contribution in [-0.4, -0.2) is 26.3 Å². The van der Waals surface area contributed by atoms with Crippen LogP contribution >= 0.6 is 0 Å². The number of nitrogens with one attached hydrogen (secondary N) is 1. The Morgan fingerprint density at radius 2 is 1.86 bits per heavy atom. The van der Waals surface area contributed by atoms with E-state index in [1.807, 2.05) is 25.1 Å². The van der Waals surface area contributed by atoms with Crippen molar-refractivity contribution in [1.82, 2.24) is 4.98 Å². The molecule has 0 spiro atoms. The van der Waals surface area contributed by atoms with Crippen LogP contribution in [0.2, 0.25) is 0 Å². The van der Waals surface area contributed by atoms with E-state index in [1.54, 1.807) is 33.6 Å². The number of methoxy groups -OCH3 is 3. The van der Waals surface area contributed by atoms with Gasteiger partial charge in [-0.25, -0.2) is 0 Å². The van der Waals surface area contributed by atoms with E-state index in [1.165, 1.54) is 0 Å². The second-order valence-corrected chi connectivity index (χ2v) is 4.53. The van der Waals surface area contributed by atoms with Gasteiger partial charge in [-0.15, -0.1) is 0 Å². The van der Waals surface area contributed by atoms with E-state index in [9.17, 15) is 0 Å². The van der Waals surface area contributed by atoms with E-state index < -0.39 is 0 Å². The second kappa shape index (κ2) is 6.83. The summed E-state index contributed by atoms with van der Waals surface area (Å²) in [5, 5.41) is 3.35. The highest BCUT2D eigenvalue weighted by Crippen LogP contribution is 2.30. The van der Waals surface area contributed by atoms with E-state index in [4.69, 9.17) is 14.2 Å². The van der Waals surface area contributed by atoms with Crippen molar-refractivity contribution in [1.29, 1.82) is 0 Å². The molecule has 0 aliphatic heterocycles. The lowest BCUT2D eigenvalue weighted by Crippen LogP contribution is -2.06. The molecular weight excluding hydrogens is 268 g/mol. The van der Waals surface area contributed by atoms with Gasteiger partial charge >= 0.3 is 0 Å². The highest BCUT2D eigenvalue weighted by Gasteiger charge is 2.11. The van der Waals surface area contributed by atoms with Crippen molar-refractivity contribution in [2.75, 3.05) is 26.6 Å². The first-order valence-electron chi connectivity index (χ1n) is 6.64. The van der Waals surface area contributed by atoms with Crippen LogP contribution in [0, 0.1) is 6.92 Å². The largest absolute Gasteiger partial charge is 0.497 e. The number of benzene rings is 1. The average molecular weight is 288 g/mol. The number of ether oxygens (including phenoxy) is 3. The number of rotatable bonds is 6. The van der Waals surface area contributed by atoms with Gasteiger partial charge in [0.1, 0.15) is 11.4 Å². The summed E-state index contributed by atoms with van der Waals surface area (Å²) < 4.78 is 15.9. The zero-order chi connectivity index (χ0) is 15.2. The third-order valence-corrected chi connectivity index (χ3v) is 3.25. The summed E-state index contributed by atoms with van der Waals surface area (Å²) in [5.41, 5.74) is 2.94. The minimum Gasteiger partial charge on any atom is -0.497 e. The summed E-state index contributed by atoms with van der Waals surface area (Å²) in [4.78, 5) is 4.34. The molecule has 1 aromatic heterocycles. The maximum atomic E-state index is 5.38. The summed E-state index contributed by atoms with van der Waals surface area (Å²) in [6, 6.07) is 7.67. The van der Waals surface area contributed by atoms with Crippen LogP contribution in [0.15, 0.2) is 30.5 Å². The molecular formula is C16H20N2O3. The first kappa shape index (κ1) is 15.0. The summed E-state index contributed by atoms with van der Waals surface area (Å²) in [5.74, 6) is 2.17. The summed E-state index contributed by atoms with van der Waals surface area (Å²) in [6.45, 7) is 2.58. The third-order valence-electron chi connectivity index (χ3n) is 3.25. The molecule has 1 heterocycles. The van der Waals surface area contributed by atoms with Gasteiger partial charge in [0.2, 0.25) is 0 Å². The van der Waals surface area contributed by atoms with Crippen LogP contribution in [0.5, 0.6) is 17.2 Å². The van der Waals surface area contributed by atoms with Crippen LogP contribution in [0.1, 0.15) is 11.3 Å². The Morgan fingerprint density at radius 3 is 2.48 bits per heavy atom. The molecule has 2 rings (SSSR count). The number of pyridine rings is 1. The van der Waals surface area contributed by atoms with Gasteiger partial charge in [-0.1, -0.05) is 0 Å². The van der Waals surface area contributed by atoms with Crippen molar-refractivity contribution in [2.24, 2.45) is 0 Å². The molecule has 0 saturated heterocycles. The van der Waals surface area contributed by atoms with Gasteiger partial charge in [-0.05, 0) is 30.7 Å². The van der Waals surface area contributed by atoms with Crippen LogP contribution < -0.4 is 19.5 Å². The zero-order valence-electron chi connectivity index (χ0n) is 12.8. The minimum absolute atomic E-state index is 0.549. The topological polar surface area (TPSA) is 52.6 Å². The molecule has 0 amide bonds. The number of hydrogen-bond acceptors (Lipinski definition) is 5. The molecule has 5 heteroatoms. The highest BCUT2D eigenvalue weighted by atomic mass is 16.5. The van der Waals surface area contributed by atoms with Gasteiger partial charge in [0.25, 0.3) is 0 Å². The molecule has 0 radical (unpaired) electrons. The number of anilines is 1. The standard InChI is InChI=1S/C16H20N2O3/c1-11-9-12(19-2)5-6-13(11)18-10-14-16(21-4)15(20-3)7-8-17-14/h5-9,18H,10H2,1-4H3. The third kappa shape index (κ3) is 3.37. The Morgan fingerprint density at radius 1 is 1.05 bits per heavy atom. The Bertz CT molecular complexity index is 614. The van der Waals surface area contributed by atoms with Crippen molar-refractivity contribution in [3.05, 3.63) is 41.7 Å². The zero-order valence-corrected chi connectivity index (χ0v) is 12.8. The normalized spacial score (nSPS) is 10.1. The van der Waals surface area contributed by atoms with Gasteiger partial charge in [-0.2, -0.15) is 0 Å². The van der Waals surface area contributed by atoms with Gasteiger partial charge in [0.15, 0.2) is 11.5 Å². The van der Waals surface area contributed by atoms with Crippen molar-refractivity contribution >= 4 is 5.69 Å². The van der Waals surface area contributed by atoms with Crippen LogP contribution in [0.25, 0.3) is 0 Å². The Kier molecular flexibility index (Phi) is 4.87. The molecule has 0 saturated carbocycles. The molecule has 21 heavy (non-hydrogen) atoms. The molecule has 1 N–H and O–H groups in total. The summed E-state index contributed by atoms with van der Waals surface area (Å²) >= 11 is 0. The summed E-state index contributed by atoms with van der Waals surface area (Å²) in [6.07, 6.45) is 1.71. The fourth-order valence-corrected chi connectivity index (χ4v) is 2.12. The maximum absolute atomic E-state index is 5.38. The van der Waals surface area contributed by atoms with Crippen molar-refractivity contribution in [3.63, 3.8) is 0 Å². The Balaban J connectivity index is 2.16. The van der Waals surface area contributed by atoms with Crippen molar-refractivity contribution in [3.8, 4) is 17.2 Å². The molecule has 2 aromatic rings. The first-order valence-corrected chi connectivity index (χ1v) is 6.64. The van der Waals surface area contributed by atoms with Crippen molar-refractivity contribution < 1.29 is 14.2 Å². The van der Waals surface area contributed by atoms with E-state index >= 15 is 0 Å². The van der Waals surface area contributed by atoms with Crippen LogP contribution in [-0.2, 0) is 6.54 Å². The molecule has 112 valence electrons. The molecule has 5 nitrogen and oxygen atoms in total. The predicted octanol–water partition coefficient (Wildman–Crippen LogP) is 3.03. The lowest BCUT2D eigenvalue weighted by molar-refractivity contribution is 0.350. The molecule has 0 atom stereocenters. The molecule has 0 aliphatic rings. The quantitative estimate of drug-likeness (QED) is 0.885. The molecule has 0 aliphatic carbocycles. The minimum atomic E-state index is 0.549. The number of nitrogens with zero attached hydrogens (tertiary/aromatic N) is 1. The molecule has 0 unspecified atom stereocenters. The first-order chi connectivity index (χ1) is 10.2. The monoisotopic (exact) mass is 288 g/mol. The van der Waals surface area contributed by atoms with E-state index in [2.05, 4.69) is 10.3 Å². The lowest BCUT2D eigenvalue weighted by atomic mass is 10.2. The van der Waals surface area contributed by atoms with Gasteiger partial charge in [0, 0.05) is 18.0 Å². The SMILES string of the molecule is COc1ccc(NCc2nccc(OC)c2OC)c(C)c1. The van der Waals surface area contributed by atoms with Crippen LogP contribution in [0.3, 0.4) is 0 Å².